The van der Waals surface area contributed by atoms with E-state index in [2.05, 4.69) is 25.2 Å². The average Bonchev–Trinajstić information content (AvgIpc) is 2.62. The van der Waals surface area contributed by atoms with Crippen LogP contribution in [0.25, 0.3) is 21.9 Å². The van der Waals surface area contributed by atoms with Crippen molar-refractivity contribution in [1.82, 2.24) is 5.32 Å². The van der Waals surface area contributed by atoms with Gasteiger partial charge in [-0.3, -0.25) is 0 Å². The van der Waals surface area contributed by atoms with Crippen molar-refractivity contribution in [2.24, 2.45) is 0 Å². The highest BCUT2D eigenvalue weighted by atomic mass is 16.5. The minimum Gasteiger partial charge on any atom is -0.507 e. The summed E-state index contributed by atoms with van der Waals surface area (Å²) in [7, 11) is 1.62. The summed E-state index contributed by atoms with van der Waals surface area (Å²) in [5, 5.41) is 27.1. The van der Waals surface area contributed by atoms with Crippen molar-refractivity contribution in [2.45, 2.75) is 39.3 Å². The molecule has 4 rings (SSSR count). The van der Waals surface area contributed by atoms with Crippen LogP contribution >= 0.6 is 0 Å². The van der Waals surface area contributed by atoms with E-state index in [9.17, 15) is 10.2 Å². The summed E-state index contributed by atoms with van der Waals surface area (Å²) >= 11 is 0. The highest BCUT2D eigenvalue weighted by Gasteiger charge is 2.26. The van der Waals surface area contributed by atoms with Gasteiger partial charge in [-0.05, 0) is 61.9 Å². The molecular weight excluding hydrogens is 338 g/mol. The van der Waals surface area contributed by atoms with Crippen molar-refractivity contribution in [3.63, 3.8) is 0 Å². The van der Waals surface area contributed by atoms with Crippen LogP contribution < -0.4 is 10.1 Å². The molecule has 0 fully saturated rings. The summed E-state index contributed by atoms with van der Waals surface area (Å²) in [4.78, 5) is 0. The highest BCUT2D eigenvalue weighted by molar-refractivity contribution is 5.97. The lowest BCUT2D eigenvalue weighted by Crippen LogP contribution is -2.35. The first-order valence-electron chi connectivity index (χ1n) is 9.32. The minimum atomic E-state index is 0.0639. The second-order valence-electron chi connectivity index (χ2n) is 7.53. The molecule has 140 valence electrons. The second-order valence-corrected chi connectivity index (χ2v) is 7.53. The Balaban J connectivity index is 1.92. The maximum absolute atomic E-state index is 11.0. The quantitative estimate of drug-likeness (QED) is 0.610. The molecule has 3 N–H and O–H groups in total. The minimum absolute atomic E-state index is 0.0639. The number of benzene rings is 3. The molecule has 1 aliphatic rings. The lowest BCUT2D eigenvalue weighted by molar-refractivity contribution is 0.410. The number of aromatic hydroxyl groups is 2. The zero-order chi connectivity index (χ0) is 19.3. The third-order valence-corrected chi connectivity index (χ3v) is 5.60. The van der Waals surface area contributed by atoms with Crippen molar-refractivity contribution in [3.05, 3.63) is 53.1 Å². The Morgan fingerprint density at radius 2 is 1.70 bits per heavy atom. The summed E-state index contributed by atoms with van der Waals surface area (Å²) in [5.41, 5.74) is 4.37. The van der Waals surface area contributed by atoms with E-state index in [0.29, 0.717) is 22.6 Å². The summed E-state index contributed by atoms with van der Waals surface area (Å²) < 4.78 is 5.41. The molecule has 0 amide bonds. The SMILES string of the molecule is COc1cc2c(O)c(-c3ccc4c(c3O)C(C)NC(C)C4)ccc2cc1C. The molecule has 0 aliphatic carbocycles. The van der Waals surface area contributed by atoms with Crippen LogP contribution in [0, 0.1) is 6.92 Å². The number of hydrogen-bond donors (Lipinski definition) is 3. The maximum atomic E-state index is 11.0. The zero-order valence-electron chi connectivity index (χ0n) is 16.1. The molecule has 4 nitrogen and oxygen atoms in total. The Morgan fingerprint density at radius 1 is 1.00 bits per heavy atom. The fourth-order valence-corrected chi connectivity index (χ4v) is 4.31. The topological polar surface area (TPSA) is 61.7 Å². The standard InChI is InChI=1S/C23H25NO3/c1-12-9-15-5-7-17(22(25)19(15)11-20(12)27-4)18-8-6-16-10-13(2)24-14(3)21(16)23(18)26/h5-9,11,13-14,24-26H,10H2,1-4H3. The number of hydrogen-bond acceptors (Lipinski definition) is 4. The van der Waals surface area contributed by atoms with Crippen LogP contribution in [0.3, 0.4) is 0 Å². The van der Waals surface area contributed by atoms with Gasteiger partial charge in [0.15, 0.2) is 0 Å². The van der Waals surface area contributed by atoms with E-state index in [1.54, 1.807) is 7.11 Å². The van der Waals surface area contributed by atoms with E-state index in [4.69, 9.17) is 4.74 Å². The molecule has 2 atom stereocenters. The van der Waals surface area contributed by atoms with Crippen molar-refractivity contribution < 1.29 is 14.9 Å². The summed E-state index contributed by atoms with van der Waals surface area (Å²) in [6, 6.07) is 12.1. The van der Waals surface area contributed by atoms with E-state index in [0.717, 1.165) is 34.2 Å². The highest BCUT2D eigenvalue weighted by Crippen LogP contribution is 2.45. The molecule has 2 unspecified atom stereocenters. The van der Waals surface area contributed by atoms with Crippen LogP contribution in [0.15, 0.2) is 36.4 Å². The molecular formula is C23H25NO3. The number of phenols is 2. The van der Waals surface area contributed by atoms with Gasteiger partial charge in [0.25, 0.3) is 0 Å². The fourth-order valence-electron chi connectivity index (χ4n) is 4.31. The van der Waals surface area contributed by atoms with Gasteiger partial charge in [-0.15, -0.1) is 0 Å². The van der Waals surface area contributed by atoms with Crippen LogP contribution in [0.5, 0.6) is 17.2 Å². The van der Waals surface area contributed by atoms with Gasteiger partial charge in [0.2, 0.25) is 0 Å². The monoisotopic (exact) mass is 363 g/mol. The number of methoxy groups -OCH3 is 1. The van der Waals surface area contributed by atoms with Crippen molar-refractivity contribution in [3.8, 4) is 28.4 Å². The Kier molecular flexibility index (Phi) is 4.23. The van der Waals surface area contributed by atoms with Gasteiger partial charge in [0, 0.05) is 34.2 Å². The molecule has 4 heteroatoms. The predicted molar refractivity (Wildman–Crippen MR) is 109 cm³/mol. The van der Waals surface area contributed by atoms with E-state index >= 15 is 0 Å². The van der Waals surface area contributed by atoms with Gasteiger partial charge in [-0.25, -0.2) is 0 Å². The summed E-state index contributed by atoms with van der Waals surface area (Å²) in [6.45, 7) is 6.19. The van der Waals surface area contributed by atoms with Crippen LogP contribution in [-0.2, 0) is 6.42 Å². The molecule has 0 radical (unpaired) electrons. The van der Waals surface area contributed by atoms with Gasteiger partial charge in [-0.2, -0.15) is 0 Å². The normalized spacial score (nSPS) is 19.1. The summed E-state index contributed by atoms with van der Waals surface area (Å²) in [5.74, 6) is 1.13. The number of ether oxygens (including phenoxy) is 1. The molecule has 3 aromatic rings. The number of phenolic OH excluding ortho intramolecular Hbond substituents is 2. The van der Waals surface area contributed by atoms with Gasteiger partial charge in [-0.1, -0.05) is 18.2 Å². The van der Waals surface area contributed by atoms with Crippen LogP contribution in [0.2, 0.25) is 0 Å². The lowest BCUT2D eigenvalue weighted by atomic mass is 9.87. The van der Waals surface area contributed by atoms with Crippen LogP contribution in [0.1, 0.15) is 36.6 Å². The number of fused-ring (bicyclic) bond motifs is 2. The lowest BCUT2D eigenvalue weighted by Gasteiger charge is -2.30. The molecule has 0 aromatic heterocycles. The largest absolute Gasteiger partial charge is 0.507 e. The van der Waals surface area contributed by atoms with E-state index < -0.39 is 0 Å². The Labute approximate surface area is 159 Å². The van der Waals surface area contributed by atoms with Gasteiger partial charge < -0.3 is 20.3 Å². The molecule has 1 heterocycles. The third kappa shape index (κ3) is 2.81. The Hall–Kier alpha value is -2.72. The molecule has 0 saturated carbocycles. The molecule has 0 saturated heterocycles. The first kappa shape index (κ1) is 17.7. The molecule has 0 bridgehead atoms. The van der Waals surface area contributed by atoms with Crippen molar-refractivity contribution in [1.29, 1.82) is 0 Å². The molecule has 3 aromatic carbocycles. The smallest absolute Gasteiger partial charge is 0.131 e. The Morgan fingerprint density at radius 3 is 2.44 bits per heavy atom. The second kappa shape index (κ2) is 6.46. The van der Waals surface area contributed by atoms with E-state index in [1.807, 2.05) is 37.3 Å². The van der Waals surface area contributed by atoms with Gasteiger partial charge >= 0.3 is 0 Å². The predicted octanol–water partition coefficient (Wildman–Crippen LogP) is 4.83. The average molecular weight is 363 g/mol. The van der Waals surface area contributed by atoms with Crippen molar-refractivity contribution >= 4 is 10.8 Å². The zero-order valence-corrected chi connectivity index (χ0v) is 16.1. The van der Waals surface area contributed by atoms with Gasteiger partial charge in [0.1, 0.15) is 17.2 Å². The fraction of sp³-hybridized carbons (Fsp3) is 0.304. The first-order valence-corrected chi connectivity index (χ1v) is 9.32. The number of aryl methyl sites for hydroxylation is 1. The van der Waals surface area contributed by atoms with Crippen LogP contribution in [0.4, 0.5) is 0 Å². The number of rotatable bonds is 2. The van der Waals surface area contributed by atoms with Crippen LogP contribution in [-0.4, -0.2) is 23.4 Å². The summed E-state index contributed by atoms with van der Waals surface area (Å²) in [6.07, 6.45) is 0.883. The van der Waals surface area contributed by atoms with Crippen molar-refractivity contribution in [2.75, 3.05) is 7.11 Å². The number of nitrogens with one attached hydrogen (secondary N) is 1. The maximum Gasteiger partial charge on any atom is 0.131 e. The van der Waals surface area contributed by atoms with E-state index in [1.165, 1.54) is 0 Å². The first-order chi connectivity index (χ1) is 12.9. The molecule has 1 aliphatic heterocycles. The Bertz CT molecular complexity index is 1040. The van der Waals surface area contributed by atoms with E-state index in [-0.39, 0.29) is 17.5 Å². The van der Waals surface area contributed by atoms with Gasteiger partial charge in [0.05, 0.1) is 7.11 Å². The molecule has 27 heavy (non-hydrogen) atoms. The third-order valence-electron chi connectivity index (χ3n) is 5.60. The molecule has 0 spiro atoms.